The van der Waals surface area contributed by atoms with Gasteiger partial charge >= 0.3 is 5.97 Å². The molecule has 3 N–H and O–H groups in total. The monoisotopic (exact) mass is 848 g/mol. The molecule has 348 valence electrons. The summed E-state index contributed by atoms with van der Waals surface area (Å²) in [6, 6.07) is -0.723. The number of nitrogens with one attached hydrogen (secondary N) is 1. The van der Waals surface area contributed by atoms with Crippen LogP contribution in [0.2, 0.25) is 0 Å². The van der Waals surface area contributed by atoms with Gasteiger partial charge in [-0.15, -0.1) is 0 Å². The highest BCUT2D eigenvalue weighted by atomic mass is 16.5. The quantitative estimate of drug-likeness (QED) is 0.0323. The third kappa shape index (κ3) is 43.2. The SMILES string of the molecule is CC/C=C/C=C/C=C\CCCCCC(CC(=O)NC(CO)C(O)CCCCCCCCCCCCCCC)OC(=O)CCCCCCC/C=C/C=C/C=C/C=C/C=C/CCC. The van der Waals surface area contributed by atoms with Gasteiger partial charge < -0.3 is 20.3 Å². The Labute approximate surface area is 376 Å². The van der Waals surface area contributed by atoms with Crippen molar-refractivity contribution in [3.8, 4) is 0 Å². The molecule has 1 amide bonds. The van der Waals surface area contributed by atoms with E-state index in [2.05, 4.69) is 86.8 Å². The van der Waals surface area contributed by atoms with Gasteiger partial charge in [-0.25, -0.2) is 0 Å². The van der Waals surface area contributed by atoms with E-state index in [0.29, 0.717) is 19.3 Å². The molecular formula is C55H93NO5. The molecule has 0 saturated heterocycles. The number of allylic oxidation sites excluding steroid dienone is 16. The van der Waals surface area contributed by atoms with E-state index in [-0.39, 0.29) is 24.9 Å². The molecule has 0 radical (unpaired) electrons. The van der Waals surface area contributed by atoms with E-state index in [1.807, 2.05) is 36.5 Å². The van der Waals surface area contributed by atoms with Gasteiger partial charge in [0.1, 0.15) is 6.10 Å². The van der Waals surface area contributed by atoms with E-state index in [9.17, 15) is 19.8 Å². The number of amides is 1. The van der Waals surface area contributed by atoms with Gasteiger partial charge in [-0.1, -0.05) is 234 Å². The number of ether oxygens (including phenoxy) is 1. The van der Waals surface area contributed by atoms with Crippen molar-refractivity contribution in [2.45, 2.75) is 232 Å². The van der Waals surface area contributed by atoms with Crippen molar-refractivity contribution in [2.75, 3.05) is 6.61 Å². The predicted octanol–water partition coefficient (Wildman–Crippen LogP) is 14.9. The first-order valence-electron chi connectivity index (χ1n) is 25.1. The number of unbranched alkanes of at least 4 members (excludes halogenated alkanes) is 21. The van der Waals surface area contributed by atoms with Crippen LogP contribution < -0.4 is 5.32 Å². The number of carbonyl (C=O) groups excluding carboxylic acids is 2. The van der Waals surface area contributed by atoms with Crippen LogP contribution in [0.3, 0.4) is 0 Å². The lowest BCUT2D eigenvalue weighted by molar-refractivity contribution is -0.151. The van der Waals surface area contributed by atoms with Gasteiger partial charge in [0, 0.05) is 6.42 Å². The van der Waals surface area contributed by atoms with Crippen LogP contribution in [0.25, 0.3) is 0 Å². The Bertz CT molecular complexity index is 1220. The van der Waals surface area contributed by atoms with Crippen LogP contribution in [0.1, 0.15) is 213 Å². The molecule has 0 aliphatic heterocycles. The van der Waals surface area contributed by atoms with Crippen LogP contribution in [0.15, 0.2) is 97.2 Å². The lowest BCUT2D eigenvalue weighted by Crippen LogP contribution is -2.46. The number of aliphatic hydroxyl groups is 2. The maximum atomic E-state index is 13.2. The Morgan fingerprint density at radius 3 is 1.43 bits per heavy atom. The molecule has 0 heterocycles. The second kappa shape index (κ2) is 47.8. The number of esters is 1. The Balaban J connectivity index is 4.64. The molecule has 6 nitrogen and oxygen atoms in total. The van der Waals surface area contributed by atoms with Crippen molar-refractivity contribution in [1.29, 1.82) is 0 Å². The summed E-state index contributed by atoms with van der Waals surface area (Å²) in [4.78, 5) is 26.1. The molecular weight excluding hydrogens is 755 g/mol. The molecule has 3 atom stereocenters. The minimum absolute atomic E-state index is 0.0381. The van der Waals surface area contributed by atoms with Crippen molar-refractivity contribution in [3.05, 3.63) is 97.2 Å². The van der Waals surface area contributed by atoms with Crippen LogP contribution in [0, 0.1) is 0 Å². The van der Waals surface area contributed by atoms with Crippen molar-refractivity contribution in [3.63, 3.8) is 0 Å². The number of rotatable bonds is 43. The Hall–Kier alpha value is -3.22. The summed E-state index contributed by atoms with van der Waals surface area (Å²) in [7, 11) is 0. The average molecular weight is 848 g/mol. The fourth-order valence-electron chi connectivity index (χ4n) is 7.05. The van der Waals surface area contributed by atoms with Gasteiger partial charge in [0.25, 0.3) is 0 Å². The second-order valence-corrected chi connectivity index (χ2v) is 16.7. The highest BCUT2D eigenvalue weighted by Crippen LogP contribution is 2.17. The zero-order chi connectivity index (χ0) is 44.5. The van der Waals surface area contributed by atoms with Crippen LogP contribution in [-0.4, -0.2) is 46.9 Å². The molecule has 0 fully saturated rings. The molecule has 0 saturated carbocycles. The van der Waals surface area contributed by atoms with Gasteiger partial charge in [0.05, 0.1) is 25.2 Å². The Morgan fingerprint density at radius 1 is 0.492 bits per heavy atom. The zero-order valence-electron chi connectivity index (χ0n) is 39.5. The largest absolute Gasteiger partial charge is 0.462 e. The number of hydrogen-bond donors (Lipinski definition) is 3. The average Bonchev–Trinajstić information content (AvgIpc) is 3.25. The van der Waals surface area contributed by atoms with E-state index >= 15 is 0 Å². The third-order valence-electron chi connectivity index (χ3n) is 10.8. The van der Waals surface area contributed by atoms with Gasteiger partial charge in [0.15, 0.2) is 0 Å². The molecule has 0 aromatic heterocycles. The van der Waals surface area contributed by atoms with E-state index in [1.165, 1.54) is 70.6 Å². The maximum absolute atomic E-state index is 13.2. The van der Waals surface area contributed by atoms with Crippen molar-refractivity contribution < 1.29 is 24.5 Å². The summed E-state index contributed by atoms with van der Waals surface area (Å²) in [6.45, 7) is 6.23. The summed E-state index contributed by atoms with van der Waals surface area (Å²) in [5.74, 6) is -0.546. The van der Waals surface area contributed by atoms with Gasteiger partial charge in [0.2, 0.25) is 5.91 Å². The predicted molar refractivity (Wildman–Crippen MR) is 264 cm³/mol. The fourth-order valence-corrected chi connectivity index (χ4v) is 7.05. The first kappa shape index (κ1) is 57.8. The third-order valence-corrected chi connectivity index (χ3v) is 10.8. The van der Waals surface area contributed by atoms with Crippen molar-refractivity contribution in [2.24, 2.45) is 0 Å². The molecule has 3 unspecified atom stereocenters. The molecule has 0 spiro atoms. The lowest BCUT2D eigenvalue weighted by Gasteiger charge is -2.24. The van der Waals surface area contributed by atoms with E-state index in [4.69, 9.17) is 4.74 Å². The topological polar surface area (TPSA) is 95.9 Å². The highest BCUT2D eigenvalue weighted by molar-refractivity contribution is 5.77. The summed E-state index contributed by atoms with van der Waals surface area (Å²) in [5, 5.41) is 23.7. The normalized spacial score (nSPS) is 14.1. The molecule has 0 bridgehead atoms. The Morgan fingerprint density at radius 2 is 0.918 bits per heavy atom. The molecule has 6 heteroatoms. The number of carbonyl (C=O) groups is 2. The first-order chi connectivity index (χ1) is 30.0. The van der Waals surface area contributed by atoms with Crippen LogP contribution in [-0.2, 0) is 14.3 Å². The zero-order valence-corrected chi connectivity index (χ0v) is 39.5. The molecule has 0 rings (SSSR count). The fraction of sp³-hybridized carbons (Fsp3) is 0.673. The van der Waals surface area contributed by atoms with E-state index in [1.54, 1.807) is 0 Å². The highest BCUT2D eigenvalue weighted by Gasteiger charge is 2.24. The maximum Gasteiger partial charge on any atom is 0.306 e. The standard InChI is InChI=1S/C55H93NO5/c1-4-7-10-13-16-19-22-24-25-26-27-28-30-33-36-39-42-45-48-55(60)61-51(46-43-40-37-34-31-21-18-15-12-9-6-3)49-54(59)56-52(50-57)53(58)47-44-41-38-35-32-29-23-20-17-14-11-8-5-2/h9-10,12-13,15-16,18-19,21-22,24-28,31,51-53,57-58H,4-8,11,14,17,20,23,29-30,32-50H2,1-3H3,(H,56,59)/b12-9+,13-10+,18-15+,19-16+,24-22+,26-25+,28-27+,31-21-. The van der Waals surface area contributed by atoms with Crippen LogP contribution >= 0.6 is 0 Å². The molecule has 0 aliphatic carbocycles. The van der Waals surface area contributed by atoms with E-state index in [0.717, 1.165) is 96.3 Å². The van der Waals surface area contributed by atoms with Crippen molar-refractivity contribution in [1.82, 2.24) is 5.32 Å². The second-order valence-electron chi connectivity index (χ2n) is 16.7. The lowest BCUT2D eigenvalue weighted by atomic mass is 10.0. The van der Waals surface area contributed by atoms with Crippen molar-refractivity contribution >= 4 is 11.9 Å². The summed E-state index contributed by atoms with van der Waals surface area (Å²) >= 11 is 0. The minimum Gasteiger partial charge on any atom is -0.462 e. The summed E-state index contributed by atoms with van der Waals surface area (Å²) < 4.78 is 5.89. The molecule has 0 aromatic carbocycles. The molecule has 0 aromatic rings. The van der Waals surface area contributed by atoms with Gasteiger partial charge in [-0.2, -0.15) is 0 Å². The number of aliphatic hydroxyl groups excluding tert-OH is 2. The molecule has 0 aliphatic rings. The van der Waals surface area contributed by atoms with Crippen LogP contribution in [0.4, 0.5) is 0 Å². The molecule has 61 heavy (non-hydrogen) atoms. The van der Waals surface area contributed by atoms with Crippen LogP contribution in [0.5, 0.6) is 0 Å². The number of hydrogen-bond acceptors (Lipinski definition) is 5. The smallest absolute Gasteiger partial charge is 0.306 e. The minimum atomic E-state index is -0.806. The first-order valence-corrected chi connectivity index (χ1v) is 25.1. The summed E-state index contributed by atoms with van der Waals surface area (Å²) in [6.07, 6.45) is 63.2. The van der Waals surface area contributed by atoms with Gasteiger partial charge in [-0.3, -0.25) is 9.59 Å². The Kier molecular flexibility index (Phi) is 45.3. The van der Waals surface area contributed by atoms with E-state index < -0.39 is 18.2 Å². The van der Waals surface area contributed by atoms with Gasteiger partial charge in [-0.05, 0) is 64.2 Å². The summed E-state index contributed by atoms with van der Waals surface area (Å²) in [5.41, 5.74) is 0.